The van der Waals surface area contributed by atoms with E-state index in [4.69, 9.17) is 0 Å². The van der Waals surface area contributed by atoms with Crippen molar-refractivity contribution < 1.29 is 18.1 Å². The molecule has 11 heteroatoms. The minimum absolute atomic E-state index is 0.0582. The first-order valence-corrected chi connectivity index (χ1v) is 11.7. The first-order chi connectivity index (χ1) is 14.3. The second-order valence-corrected chi connectivity index (χ2v) is 9.75. The monoisotopic (exact) mass is 439 g/mol. The van der Waals surface area contributed by atoms with Gasteiger partial charge in [0.05, 0.1) is 11.5 Å². The molecule has 2 heterocycles. The van der Waals surface area contributed by atoms with Crippen LogP contribution < -0.4 is 5.32 Å². The van der Waals surface area contributed by atoms with Crippen molar-refractivity contribution in [2.45, 2.75) is 32.6 Å². The second kappa shape index (κ2) is 9.82. The van der Waals surface area contributed by atoms with Crippen molar-refractivity contribution in [3.63, 3.8) is 0 Å². The van der Waals surface area contributed by atoms with Crippen LogP contribution in [0.15, 0.2) is 18.2 Å². The Hall–Kier alpha value is -2.08. The number of carbonyl (C=O) groups is 1. The Morgan fingerprint density at radius 3 is 2.23 bits per heavy atom. The molecule has 0 atom stereocenters. The van der Waals surface area contributed by atoms with Crippen molar-refractivity contribution in [1.82, 2.24) is 13.5 Å². The number of carbonyl (C=O) groups excluding carboxylic acids is 1. The highest BCUT2D eigenvalue weighted by Crippen LogP contribution is 2.25. The molecular weight excluding hydrogens is 410 g/mol. The molecule has 0 bridgehead atoms. The number of anilines is 1. The Bertz CT molecular complexity index is 875. The van der Waals surface area contributed by atoms with E-state index in [1.54, 1.807) is 17.3 Å². The first kappa shape index (κ1) is 22.6. The number of amides is 1. The molecule has 2 aliphatic heterocycles. The van der Waals surface area contributed by atoms with Crippen LogP contribution >= 0.6 is 0 Å². The van der Waals surface area contributed by atoms with Gasteiger partial charge in [0.25, 0.3) is 15.9 Å². The average molecular weight is 440 g/mol. The Morgan fingerprint density at radius 2 is 1.63 bits per heavy atom. The van der Waals surface area contributed by atoms with Crippen LogP contribution in [0, 0.1) is 17.0 Å². The van der Waals surface area contributed by atoms with E-state index in [-0.39, 0.29) is 23.8 Å². The quantitative estimate of drug-likeness (QED) is 0.531. The normalized spacial score (nSPS) is 19.9. The Kier molecular flexibility index (Phi) is 7.40. The van der Waals surface area contributed by atoms with E-state index < -0.39 is 15.1 Å². The zero-order valence-corrected chi connectivity index (χ0v) is 18.1. The van der Waals surface area contributed by atoms with Crippen molar-refractivity contribution in [3.8, 4) is 0 Å². The highest BCUT2D eigenvalue weighted by molar-refractivity contribution is 7.86. The number of benzene rings is 1. The van der Waals surface area contributed by atoms with Gasteiger partial charge in [-0.05, 0) is 31.4 Å². The molecule has 1 aromatic carbocycles. The van der Waals surface area contributed by atoms with Gasteiger partial charge in [-0.3, -0.25) is 19.8 Å². The number of hydrogen-bond acceptors (Lipinski definition) is 6. The largest absolute Gasteiger partial charge is 0.319 e. The van der Waals surface area contributed by atoms with Crippen LogP contribution in [0.1, 0.15) is 31.2 Å². The van der Waals surface area contributed by atoms with E-state index in [0.717, 1.165) is 31.2 Å². The predicted octanol–water partition coefficient (Wildman–Crippen LogP) is 1.58. The van der Waals surface area contributed by atoms with Gasteiger partial charge in [0.1, 0.15) is 5.69 Å². The van der Waals surface area contributed by atoms with Crippen molar-refractivity contribution in [2.75, 3.05) is 51.1 Å². The van der Waals surface area contributed by atoms with Crippen LogP contribution in [0.2, 0.25) is 0 Å². The van der Waals surface area contributed by atoms with Crippen LogP contribution in [-0.2, 0) is 15.0 Å². The lowest BCUT2D eigenvalue weighted by atomic mass is 10.2. The van der Waals surface area contributed by atoms with Crippen molar-refractivity contribution >= 4 is 27.5 Å². The summed E-state index contributed by atoms with van der Waals surface area (Å²) in [6, 6.07) is 4.65. The van der Waals surface area contributed by atoms with E-state index in [1.807, 2.05) is 4.90 Å². The molecule has 2 saturated heterocycles. The standard InChI is InChI=1S/C19H29N5O5S/c1-16-6-7-17(18(14-16)24(26)27)20-19(25)15-21-10-12-23(13-11-21)30(28,29)22-8-4-2-3-5-9-22/h6-7,14H,2-5,8-13,15H2,1H3,(H,20,25). The molecule has 2 fully saturated rings. The summed E-state index contributed by atoms with van der Waals surface area (Å²) in [7, 11) is -3.46. The van der Waals surface area contributed by atoms with Crippen molar-refractivity contribution in [3.05, 3.63) is 33.9 Å². The van der Waals surface area contributed by atoms with Gasteiger partial charge in [0.15, 0.2) is 0 Å². The van der Waals surface area contributed by atoms with Gasteiger partial charge in [-0.25, -0.2) is 0 Å². The lowest BCUT2D eigenvalue weighted by Crippen LogP contribution is -2.54. The summed E-state index contributed by atoms with van der Waals surface area (Å²) in [6.45, 7) is 4.49. The van der Waals surface area contributed by atoms with E-state index in [0.29, 0.717) is 39.3 Å². The van der Waals surface area contributed by atoms with Gasteiger partial charge in [0.2, 0.25) is 5.91 Å². The van der Waals surface area contributed by atoms with Crippen molar-refractivity contribution in [1.29, 1.82) is 0 Å². The van der Waals surface area contributed by atoms with E-state index >= 15 is 0 Å². The summed E-state index contributed by atoms with van der Waals surface area (Å²) in [6.07, 6.45) is 3.91. The maximum absolute atomic E-state index is 12.9. The summed E-state index contributed by atoms with van der Waals surface area (Å²) < 4.78 is 28.8. The number of nitro benzene ring substituents is 1. The third-order valence-corrected chi connectivity index (χ3v) is 7.58. The summed E-state index contributed by atoms with van der Waals surface area (Å²) in [5.41, 5.74) is 0.760. The fraction of sp³-hybridized carbons (Fsp3) is 0.632. The molecule has 3 rings (SSSR count). The van der Waals surface area contributed by atoms with E-state index in [2.05, 4.69) is 5.32 Å². The Morgan fingerprint density at radius 1 is 1.03 bits per heavy atom. The highest BCUT2D eigenvalue weighted by Gasteiger charge is 2.33. The molecular formula is C19H29N5O5S. The van der Waals surface area contributed by atoms with Crippen LogP contribution in [0.5, 0.6) is 0 Å². The number of piperazine rings is 1. The highest BCUT2D eigenvalue weighted by atomic mass is 32.2. The van der Waals surface area contributed by atoms with Crippen LogP contribution in [0.4, 0.5) is 11.4 Å². The fourth-order valence-corrected chi connectivity index (χ4v) is 5.52. The smallest absolute Gasteiger partial charge is 0.293 e. The van der Waals surface area contributed by atoms with Gasteiger partial charge in [0, 0.05) is 45.3 Å². The molecule has 0 unspecified atom stereocenters. The molecule has 0 aliphatic carbocycles. The molecule has 0 spiro atoms. The van der Waals surface area contributed by atoms with E-state index in [9.17, 15) is 23.3 Å². The molecule has 10 nitrogen and oxygen atoms in total. The van der Waals surface area contributed by atoms with Crippen LogP contribution in [-0.4, -0.2) is 78.6 Å². The maximum atomic E-state index is 12.9. The molecule has 1 amide bonds. The molecule has 1 aromatic rings. The van der Waals surface area contributed by atoms with E-state index in [1.165, 1.54) is 16.4 Å². The summed E-state index contributed by atoms with van der Waals surface area (Å²) in [5.74, 6) is -0.356. The van der Waals surface area contributed by atoms with Gasteiger partial charge in [-0.2, -0.15) is 17.0 Å². The lowest BCUT2D eigenvalue weighted by Gasteiger charge is -2.36. The molecule has 30 heavy (non-hydrogen) atoms. The molecule has 0 saturated carbocycles. The third-order valence-electron chi connectivity index (χ3n) is 5.54. The fourth-order valence-electron chi connectivity index (χ4n) is 3.85. The third kappa shape index (κ3) is 5.54. The lowest BCUT2D eigenvalue weighted by molar-refractivity contribution is -0.384. The molecule has 166 valence electrons. The zero-order valence-electron chi connectivity index (χ0n) is 17.2. The minimum Gasteiger partial charge on any atom is -0.319 e. The topological polar surface area (TPSA) is 116 Å². The molecule has 1 N–H and O–H groups in total. The number of aryl methyl sites for hydroxylation is 1. The van der Waals surface area contributed by atoms with Crippen molar-refractivity contribution in [2.24, 2.45) is 0 Å². The van der Waals surface area contributed by atoms with Gasteiger partial charge >= 0.3 is 0 Å². The Labute approximate surface area is 177 Å². The predicted molar refractivity (Wildman–Crippen MR) is 113 cm³/mol. The maximum Gasteiger partial charge on any atom is 0.293 e. The van der Waals surface area contributed by atoms with Gasteiger partial charge in [-0.15, -0.1) is 0 Å². The summed E-state index contributed by atoms with van der Waals surface area (Å²) in [4.78, 5) is 24.9. The summed E-state index contributed by atoms with van der Waals surface area (Å²) in [5, 5.41) is 13.8. The molecule has 2 aliphatic rings. The average Bonchev–Trinajstić information content (AvgIpc) is 3.00. The van der Waals surface area contributed by atoms with Crippen LogP contribution in [0.25, 0.3) is 0 Å². The molecule has 0 aromatic heterocycles. The number of nitro groups is 1. The first-order valence-electron chi connectivity index (χ1n) is 10.3. The number of rotatable bonds is 6. The summed E-state index contributed by atoms with van der Waals surface area (Å²) >= 11 is 0. The number of hydrogen-bond donors (Lipinski definition) is 1. The zero-order chi connectivity index (χ0) is 21.7. The number of nitrogens with zero attached hydrogens (tertiary/aromatic N) is 4. The SMILES string of the molecule is Cc1ccc(NC(=O)CN2CCN(S(=O)(=O)N3CCCCCC3)CC2)c([N+](=O)[O-])c1. The Balaban J connectivity index is 1.53. The number of nitrogens with one attached hydrogen (secondary N) is 1. The van der Waals surface area contributed by atoms with Gasteiger partial charge < -0.3 is 5.32 Å². The minimum atomic E-state index is -3.46. The molecule has 0 radical (unpaired) electrons. The van der Waals surface area contributed by atoms with Gasteiger partial charge in [-0.1, -0.05) is 18.9 Å². The second-order valence-electron chi connectivity index (χ2n) is 7.82. The van der Waals surface area contributed by atoms with Crippen LogP contribution in [0.3, 0.4) is 0 Å².